The van der Waals surface area contributed by atoms with E-state index in [-0.39, 0.29) is 0 Å². The molecular formula is C17H27N3O. The van der Waals surface area contributed by atoms with Crippen LogP contribution in [0.3, 0.4) is 0 Å². The van der Waals surface area contributed by atoms with Crippen LogP contribution in [0.4, 0.5) is 0 Å². The van der Waals surface area contributed by atoms with Crippen LogP contribution in [0.5, 0.6) is 0 Å². The van der Waals surface area contributed by atoms with E-state index in [4.69, 9.17) is 9.72 Å². The molecule has 1 aromatic heterocycles. The standard InChI is InChI=1S/C17H27N3O/c1-12-7-8-15-17(14(12)3)20-16(19-15)6-5-10-18-13(2)9-11-21-4/h7-8,13,18H,5-6,9-11H2,1-4H3,(H,19,20)/t13-/m0/s1. The van der Waals surface area contributed by atoms with Gasteiger partial charge in [0.2, 0.25) is 0 Å². The van der Waals surface area contributed by atoms with Gasteiger partial charge in [-0.3, -0.25) is 0 Å². The van der Waals surface area contributed by atoms with Gasteiger partial charge in [0, 0.05) is 26.2 Å². The molecule has 0 amide bonds. The van der Waals surface area contributed by atoms with E-state index in [9.17, 15) is 0 Å². The molecule has 0 bridgehead atoms. The van der Waals surface area contributed by atoms with Crippen molar-refractivity contribution in [2.24, 2.45) is 0 Å². The number of aromatic nitrogens is 2. The number of imidazole rings is 1. The van der Waals surface area contributed by atoms with Crippen LogP contribution in [-0.4, -0.2) is 36.3 Å². The first kappa shape index (κ1) is 16.0. The Hall–Kier alpha value is -1.39. The number of aryl methyl sites for hydroxylation is 3. The van der Waals surface area contributed by atoms with Crippen molar-refractivity contribution < 1.29 is 4.74 Å². The second-order valence-corrected chi connectivity index (χ2v) is 5.83. The van der Waals surface area contributed by atoms with Gasteiger partial charge in [-0.1, -0.05) is 6.07 Å². The van der Waals surface area contributed by atoms with Crippen LogP contribution in [0.1, 0.15) is 36.7 Å². The number of hydrogen-bond acceptors (Lipinski definition) is 3. The van der Waals surface area contributed by atoms with Gasteiger partial charge in [0.1, 0.15) is 5.82 Å². The molecule has 0 aliphatic rings. The first-order chi connectivity index (χ1) is 10.1. The van der Waals surface area contributed by atoms with Crippen molar-refractivity contribution in [2.75, 3.05) is 20.3 Å². The van der Waals surface area contributed by atoms with Crippen LogP contribution in [0.15, 0.2) is 12.1 Å². The van der Waals surface area contributed by atoms with Crippen LogP contribution in [-0.2, 0) is 11.2 Å². The summed E-state index contributed by atoms with van der Waals surface area (Å²) in [4.78, 5) is 8.16. The molecule has 4 heteroatoms. The van der Waals surface area contributed by atoms with E-state index in [0.29, 0.717) is 6.04 Å². The van der Waals surface area contributed by atoms with E-state index in [2.05, 4.69) is 43.2 Å². The van der Waals surface area contributed by atoms with Crippen LogP contribution in [0.2, 0.25) is 0 Å². The zero-order valence-corrected chi connectivity index (χ0v) is 13.6. The molecule has 0 radical (unpaired) electrons. The molecule has 0 aliphatic heterocycles. The van der Waals surface area contributed by atoms with Crippen LogP contribution < -0.4 is 5.32 Å². The van der Waals surface area contributed by atoms with Gasteiger partial charge in [-0.2, -0.15) is 0 Å². The minimum atomic E-state index is 0.505. The van der Waals surface area contributed by atoms with Crippen LogP contribution >= 0.6 is 0 Å². The predicted octanol–water partition coefficient (Wildman–Crippen LogP) is 3.13. The number of benzene rings is 1. The van der Waals surface area contributed by atoms with E-state index in [1.807, 2.05) is 0 Å². The topological polar surface area (TPSA) is 49.9 Å². The van der Waals surface area contributed by atoms with Gasteiger partial charge in [-0.25, -0.2) is 4.98 Å². The second-order valence-electron chi connectivity index (χ2n) is 5.83. The summed E-state index contributed by atoms with van der Waals surface area (Å²) in [5, 5.41) is 3.52. The van der Waals surface area contributed by atoms with Gasteiger partial charge in [-0.05, 0) is 57.4 Å². The Morgan fingerprint density at radius 3 is 2.90 bits per heavy atom. The average Bonchev–Trinajstić information content (AvgIpc) is 2.89. The highest BCUT2D eigenvalue weighted by atomic mass is 16.5. The van der Waals surface area contributed by atoms with E-state index < -0.39 is 0 Å². The number of nitrogens with one attached hydrogen (secondary N) is 2. The predicted molar refractivity (Wildman–Crippen MR) is 87.8 cm³/mol. The number of hydrogen-bond donors (Lipinski definition) is 2. The lowest BCUT2D eigenvalue weighted by Gasteiger charge is -2.12. The number of nitrogens with zero attached hydrogens (tertiary/aromatic N) is 1. The first-order valence-corrected chi connectivity index (χ1v) is 7.79. The average molecular weight is 289 g/mol. The lowest BCUT2D eigenvalue weighted by atomic mass is 10.1. The Morgan fingerprint density at radius 1 is 1.33 bits per heavy atom. The molecule has 2 aromatic rings. The minimum Gasteiger partial charge on any atom is -0.385 e. The smallest absolute Gasteiger partial charge is 0.107 e. The number of rotatable bonds is 8. The molecular weight excluding hydrogens is 262 g/mol. The maximum absolute atomic E-state index is 5.09. The largest absolute Gasteiger partial charge is 0.385 e. The molecule has 4 nitrogen and oxygen atoms in total. The van der Waals surface area contributed by atoms with Crippen molar-refractivity contribution in [1.82, 2.24) is 15.3 Å². The fraction of sp³-hybridized carbons (Fsp3) is 0.588. The summed E-state index contributed by atoms with van der Waals surface area (Å²) in [6.07, 6.45) is 3.13. The summed E-state index contributed by atoms with van der Waals surface area (Å²) in [6, 6.07) is 4.78. The fourth-order valence-corrected chi connectivity index (χ4v) is 2.48. The number of ether oxygens (including phenoxy) is 1. The molecule has 116 valence electrons. The summed E-state index contributed by atoms with van der Waals surface area (Å²) in [6.45, 7) is 8.30. The fourth-order valence-electron chi connectivity index (χ4n) is 2.48. The first-order valence-electron chi connectivity index (χ1n) is 7.79. The van der Waals surface area contributed by atoms with Gasteiger partial charge >= 0.3 is 0 Å². The Balaban J connectivity index is 1.83. The molecule has 1 heterocycles. The van der Waals surface area contributed by atoms with E-state index in [1.165, 1.54) is 11.1 Å². The molecule has 2 rings (SSSR count). The Morgan fingerprint density at radius 2 is 2.14 bits per heavy atom. The monoisotopic (exact) mass is 289 g/mol. The van der Waals surface area contributed by atoms with Gasteiger partial charge in [0.15, 0.2) is 0 Å². The van der Waals surface area contributed by atoms with Crippen molar-refractivity contribution in [2.45, 2.75) is 46.1 Å². The van der Waals surface area contributed by atoms with Crippen LogP contribution in [0.25, 0.3) is 11.0 Å². The van der Waals surface area contributed by atoms with Crippen molar-refractivity contribution in [3.8, 4) is 0 Å². The molecule has 0 aliphatic carbocycles. The summed E-state index contributed by atoms with van der Waals surface area (Å²) in [7, 11) is 1.75. The Kier molecular flexibility index (Phi) is 5.76. The Labute approximate surface area is 127 Å². The lowest BCUT2D eigenvalue weighted by molar-refractivity contribution is 0.185. The van der Waals surface area contributed by atoms with Gasteiger partial charge in [-0.15, -0.1) is 0 Å². The summed E-state index contributed by atoms with van der Waals surface area (Å²) in [5.41, 5.74) is 4.84. The minimum absolute atomic E-state index is 0.505. The molecule has 0 saturated carbocycles. The molecule has 1 aromatic carbocycles. The molecule has 0 fully saturated rings. The number of fused-ring (bicyclic) bond motifs is 1. The molecule has 2 N–H and O–H groups in total. The number of aromatic amines is 1. The van der Waals surface area contributed by atoms with Crippen molar-refractivity contribution >= 4 is 11.0 Å². The third-order valence-corrected chi connectivity index (χ3v) is 4.07. The Bertz CT molecular complexity index is 577. The third kappa shape index (κ3) is 4.29. The zero-order chi connectivity index (χ0) is 15.2. The molecule has 21 heavy (non-hydrogen) atoms. The van der Waals surface area contributed by atoms with Crippen LogP contribution in [0, 0.1) is 13.8 Å². The number of H-pyrrole nitrogens is 1. The van der Waals surface area contributed by atoms with Crippen molar-refractivity contribution in [3.63, 3.8) is 0 Å². The third-order valence-electron chi connectivity index (χ3n) is 4.07. The van der Waals surface area contributed by atoms with E-state index in [1.54, 1.807) is 7.11 Å². The molecule has 0 unspecified atom stereocenters. The van der Waals surface area contributed by atoms with Crippen molar-refractivity contribution in [1.29, 1.82) is 0 Å². The highest BCUT2D eigenvalue weighted by molar-refractivity contribution is 5.79. The maximum Gasteiger partial charge on any atom is 0.107 e. The lowest BCUT2D eigenvalue weighted by Crippen LogP contribution is -2.28. The number of methoxy groups -OCH3 is 1. The maximum atomic E-state index is 5.09. The molecule has 1 atom stereocenters. The van der Waals surface area contributed by atoms with Gasteiger partial charge < -0.3 is 15.0 Å². The SMILES string of the molecule is COCC[C@H](C)NCCCc1nc2c(C)c(C)ccc2[nH]1. The highest BCUT2D eigenvalue weighted by Crippen LogP contribution is 2.19. The quantitative estimate of drug-likeness (QED) is 0.734. The van der Waals surface area contributed by atoms with Gasteiger partial charge in [0.05, 0.1) is 11.0 Å². The van der Waals surface area contributed by atoms with E-state index in [0.717, 1.165) is 49.3 Å². The van der Waals surface area contributed by atoms with Crippen molar-refractivity contribution in [3.05, 3.63) is 29.1 Å². The van der Waals surface area contributed by atoms with E-state index >= 15 is 0 Å². The highest BCUT2D eigenvalue weighted by Gasteiger charge is 2.07. The summed E-state index contributed by atoms with van der Waals surface area (Å²) >= 11 is 0. The van der Waals surface area contributed by atoms with Gasteiger partial charge in [0.25, 0.3) is 0 Å². The zero-order valence-electron chi connectivity index (χ0n) is 13.6. The normalized spacial score (nSPS) is 13.0. The summed E-state index contributed by atoms with van der Waals surface area (Å²) < 4.78 is 5.09. The molecule has 0 saturated heterocycles. The summed E-state index contributed by atoms with van der Waals surface area (Å²) in [5.74, 6) is 1.09. The molecule has 0 spiro atoms. The second kappa shape index (κ2) is 7.57.